The predicted octanol–water partition coefficient (Wildman–Crippen LogP) is 6.10. The lowest BCUT2D eigenvalue weighted by atomic mass is 9.72. The molecule has 0 atom stereocenters. The highest BCUT2D eigenvalue weighted by atomic mass is 28.3. The molecule has 128 valence electrons. The summed E-state index contributed by atoms with van der Waals surface area (Å²) in [6, 6.07) is 11.3. The summed E-state index contributed by atoms with van der Waals surface area (Å²) in [6.07, 6.45) is 8.92. The van der Waals surface area contributed by atoms with Gasteiger partial charge in [-0.15, -0.1) is 0 Å². The maximum absolute atomic E-state index is 13.1. The van der Waals surface area contributed by atoms with Crippen LogP contribution in [0.15, 0.2) is 24.3 Å². The number of hydrogen-bond acceptors (Lipinski definition) is 0. The molecule has 1 aliphatic carbocycles. The second kappa shape index (κ2) is 8.41. The SMILES string of the molecule is FCCC[Si@H]1CC[C@H]([C@H]2CC[C@H](c3ccc(F)cc3)CC2)CC1. The fourth-order valence-corrected chi connectivity index (χ4v) is 8.37. The molecule has 0 radical (unpaired) electrons. The van der Waals surface area contributed by atoms with Gasteiger partial charge in [-0.2, -0.15) is 0 Å². The minimum atomic E-state index is -0.578. The average Bonchev–Trinajstić information content (AvgIpc) is 2.61. The number of benzene rings is 1. The Kier molecular flexibility index (Phi) is 6.26. The minimum absolute atomic E-state index is 0.111. The van der Waals surface area contributed by atoms with Crippen LogP contribution < -0.4 is 0 Å². The quantitative estimate of drug-likeness (QED) is 0.570. The van der Waals surface area contributed by atoms with Crippen LogP contribution in [0.5, 0.6) is 0 Å². The van der Waals surface area contributed by atoms with Gasteiger partial charge in [0.2, 0.25) is 0 Å². The van der Waals surface area contributed by atoms with Crippen molar-refractivity contribution in [1.82, 2.24) is 0 Å². The summed E-state index contributed by atoms with van der Waals surface area (Å²) in [7, 11) is -0.578. The molecule has 0 unspecified atom stereocenters. The molecule has 1 aromatic carbocycles. The lowest BCUT2D eigenvalue weighted by Crippen LogP contribution is -2.28. The molecule has 1 heterocycles. The second-order valence-corrected chi connectivity index (χ2v) is 11.2. The van der Waals surface area contributed by atoms with E-state index in [1.807, 2.05) is 12.1 Å². The third kappa shape index (κ3) is 4.65. The van der Waals surface area contributed by atoms with E-state index in [2.05, 4.69) is 0 Å². The van der Waals surface area contributed by atoms with Crippen LogP contribution in [0.2, 0.25) is 18.1 Å². The number of hydrogen-bond donors (Lipinski definition) is 0. The number of halogens is 2. The molecule has 2 fully saturated rings. The van der Waals surface area contributed by atoms with E-state index in [0.717, 1.165) is 18.3 Å². The van der Waals surface area contributed by atoms with Crippen molar-refractivity contribution in [2.75, 3.05) is 6.67 Å². The zero-order valence-corrected chi connectivity index (χ0v) is 15.3. The first kappa shape index (κ1) is 17.1. The van der Waals surface area contributed by atoms with Crippen LogP contribution in [0.1, 0.15) is 56.4 Å². The minimum Gasteiger partial charge on any atom is -0.251 e. The van der Waals surface area contributed by atoms with Gasteiger partial charge in [0.1, 0.15) is 5.82 Å². The third-order valence-electron chi connectivity index (χ3n) is 6.42. The molecule has 3 heteroatoms. The zero-order chi connectivity index (χ0) is 16.1. The summed E-state index contributed by atoms with van der Waals surface area (Å²) >= 11 is 0. The van der Waals surface area contributed by atoms with E-state index in [9.17, 15) is 8.78 Å². The number of alkyl halides is 1. The van der Waals surface area contributed by atoms with Gasteiger partial charge in [-0.3, -0.25) is 4.39 Å². The van der Waals surface area contributed by atoms with Crippen molar-refractivity contribution in [3.8, 4) is 0 Å². The van der Waals surface area contributed by atoms with E-state index in [0.29, 0.717) is 5.92 Å². The number of rotatable bonds is 5. The van der Waals surface area contributed by atoms with Crippen LogP contribution in [0.25, 0.3) is 0 Å². The first-order chi connectivity index (χ1) is 11.3. The molecule has 2 aliphatic rings. The molecule has 0 N–H and O–H groups in total. The Bertz CT molecular complexity index is 457. The largest absolute Gasteiger partial charge is 0.251 e. The van der Waals surface area contributed by atoms with Crippen molar-refractivity contribution in [2.24, 2.45) is 11.8 Å². The van der Waals surface area contributed by atoms with Crippen molar-refractivity contribution in [3.63, 3.8) is 0 Å². The topological polar surface area (TPSA) is 0 Å². The molecule has 1 aliphatic heterocycles. The smallest absolute Gasteiger partial charge is 0.123 e. The Morgan fingerprint density at radius 2 is 1.48 bits per heavy atom. The van der Waals surface area contributed by atoms with Crippen LogP contribution in [0.4, 0.5) is 8.78 Å². The summed E-state index contributed by atoms with van der Waals surface area (Å²) in [5.41, 5.74) is 1.33. The van der Waals surface area contributed by atoms with Crippen molar-refractivity contribution in [1.29, 1.82) is 0 Å². The molecule has 3 rings (SSSR count). The second-order valence-electron chi connectivity index (χ2n) is 7.78. The van der Waals surface area contributed by atoms with Gasteiger partial charge in [-0.25, -0.2) is 4.39 Å². The summed E-state index contributed by atoms with van der Waals surface area (Å²) in [5.74, 6) is 2.37. The normalized spacial score (nSPS) is 31.9. The monoisotopic (exact) mass is 336 g/mol. The summed E-state index contributed by atoms with van der Waals surface area (Å²) in [6.45, 7) is -0.111. The van der Waals surface area contributed by atoms with Crippen LogP contribution in [-0.4, -0.2) is 15.5 Å². The molecule has 1 saturated carbocycles. The van der Waals surface area contributed by atoms with Gasteiger partial charge in [0.25, 0.3) is 0 Å². The van der Waals surface area contributed by atoms with Crippen LogP contribution in [0, 0.1) is 17.7 Å². The third-order valence-corrected chi connectivity index (χ3v) is 9.94. The summed E-state index contributed by atoms with van der Waals surface area (Å²) < 4.78 is 25.4. The van der Waals surface area contributed by atoms with E-state index in [4.69, 9.17) is 0 Å². The Morgan fingerprint density at radius 1 is 0.870 bits per heavy atom. The van der Waals surface area contributed by atoms with Crippen molar-refractivity contribution < 1.29 is 8.78 Å². The Balaban J connectivity index is 1.43. The van der Waals surface area contributed by atoms with E-state index >= 15 is 0 Å². The maximum Gasteiger partial charge on any atom is 0.123 e. The maximum atomic E-state index is 13.1. The molecular formula is C20H30F2Si. The fourth-order valence-electron chi connectivity index (χ4n) is 4.97. The van der Waals surface area contributed by atoms with E-state index in [1.165, 1.54) is 62.2 Å². The highest BCUT2D eigenvalue weighted by Gasteiger charge is 2.31. The van der Waals surface area contributed by atoms with E-state index in [1.54, 1.807) is 12.1 Å². The van der Waals surface area contributed by atoms with Gasteiger partial charge in [0.05, 0.1) is 6.67 Å². The molecule has 0 amide bonds. The molecule has 1 aromatic rings. The van der Waals surface area contributed by atoms with E-state index in [-0.39, 0.29) is 12.5 Å². The molecule has 23 heavy (non-hydrogen) atoms. The summed E-state index contributed by atoms with van der Waals surface area (Å²) in [4.78, 5) is 0. The lowest BCUT2D eigenvalue weighted by Gasteiger charge is -2.37. The lowest BCUT2D eigenvalue weighted by molar-refractivity contribution is 0.216. The average molecular weight is 337 g/mol. The van der Waals surface area contributed by atoms with Crippen LogP contribution >= 0.6 is 0 Å². The van der Waals surface area contributed by atoms with Gasteiger partial charge in [0.15, 0.2) is 0 Å². The van der Waals surface area contributed by atoms with Crippen molar-refractivity contribution >= 4 is 8.80 Å². The van der Waals surface area contributed by atoms with Gasteiger partial charge in [-0.05, 0) is 67.6 Å². The first-order valence-electron chi connectivity index (χ1n) is 9.57. The molecule has 0 bridgehead atoms. The van der Waals surface area contributed by atoms with E-state index < -0.39 is 8.80 Å². The molecule has 0 spiro atoms. The van der Waals surface area contributed by atoms with Crippen molar-refractivity contribution in [3.05, 3.63) is 35.6 Å². The first-order valence-corrected chi connectivity index (χ1v) is 12.0. The fraction of sp³-hybridized carbons (Fsp3) is 0.700. The van der Waals surface area contributed by atoms with Gasteiger partial charge >= 0.3 is 0 Å². The van der Waals surface area contributed by atoms with Crippen LogP contribution in [-0.2, 0) is 0 Å². The highest BCUT2D eigenvalue weighted by molar-refractivity contribution is 6.58. The summed E-state index contributed by atoms with van der Waals surface area (Å²) in [5, 5.41) is 0. The molecule has 1 saturated heterocycles. The standard InChI is InChI=1S/C20H30F2Si/c21-12-1-13-23-14-10-19(11-15-23)17-4-2-16(3-5-17)18-6-8-20(22)9-7-18/h6-9,16-17,19,23H,1-5,10-15H2/t16-,17-,19-,23-. The Morgan fingerprint density at radius 3 is 2.09 bits per heavy atom. The van der Waals surface area contributed by atoms with Crippen LogP contribution in [0.3, 0.4) is 0 Å². The molecule has 0 nitrogen and oxygen atoms in total. The van der Waals surface area contributed by atoms with Gasteiger partial charge in [-0.1, -0.05) is 43.1 Å². The predicted molar refractivity (Wildman–Crippen MR) is 96.0 cm³/mol. The zero-order valence-electron chi connectivity index (χ0n) is 14.2. The van der Waals surface area contributed by atoms with Crippen molar-refractivity contribution in [2.45, 2.75) is 69.0 Å². The molecular weight excluding hydrogens is 306 g/mol. The van der Waals surface area contributed by atoms with Gasteiger partial charge in [0, 0.05) is 8.80 Å². The molecule has 0 aromatic heterocycles. The highest BCUT2D eigenvalue weighted by Crippen LogP contribution is 2.43. The Hall–Kier alpha value is -0.703. The van der Waals surface area contributed by atoms with Gasteiger partial charge < -0.3 is 0 Å². The Labute approximate surface area is 141 Å².